The zero-order valence-electron chi connectivity index (χ0n) is 14.5. The van der Waals surface area contributed by atoms with Gasteiger partial charge in [-0.05, 0) is 37.3 Å². The van der Waals surface area contributed by atoms with Crippen LogP contribution in [0.2, 0.25) is 0 Å². The van der Waals surface area contributed by atoms with Crippen molar-refractivity contribution in [3.8, 4) is 5.75 Å². The van der Waals surface area contributed by atoms with Crippen molar-refractivity contribution in [3.05, 3.63) is 47.0 Å². The summed E-state index contributed by atoms with van der Waals surface area (Å²) >= 11 is 1.49. The highest BCUT2D eigenvalue weighted by molar-refractivity contribution is 7.15. The number of nitrogens with zero attached hydrogens (tertiary/aromatic N) is 3. The molecule has 1 aliphatic rings. The number of rotatable bonds is 5. The monoisotopic (exact) mass is 372 g/mol. The molecule has 8 heteroatoms. The van der Waals surface area contributed by atoms with Crippen molar-refractivity contribution in [2.45, 2.75) is 31.9 Å². The summed E-state index contributed by atoms with van der Waals surface area (Å²) in [6, 6.07) is 1.64. The van der Waals surface area contributed by atoms with Gasteiger partial charge in [0.15, 0.2) is 4.96 Å². The number of aryl methyl sites for hydroxylation is 1. The van der Waals surface area contributed by atoms with Crippen LogP contribution in [0.4, 0.5) is 0 Å². The molecule has 1 fully saturated rings. The lowest BCUT2D eigenvalue weighted by Gasteiger charge is -2.38. The van der Waals surface area contributed by atoms with Gasteiger partial charge in [-0.2, -0.15) is 0 Å². The van der Waals surface area contributed by atoms with Crippen LogP contribution >= 0.6 is 11.3 Å². The Morgan fingerprint density at radius 2 is 2.27 bits per heavy atom. The van der Waals surface area contributed by atoms with Gasteiger partial charge >= 0.3 is 0 Å². The lowest BCUT2D eigenvalue weighted by molar-refractivity contribution is 0.0233. The highest BCUT2D eigenvalue weighted by atomic mass is 32.1. The molecule has 3 aromatic heterocycles. The molecule has 1 saturated carbocycles. The number of amides is 1. The van der Waals surface area contributed by atoms with E-state index in [4.69, 9.17) is 4.74 Å². The molecule has 3 heterocycles. The van der Waals surface area contributed by atoms with Crippen molar-refractivity contribution >= 4 is 22.2 Å². The van der Waals surface area contributed by atoms with Crippen LogP contribution in [0.5, 0.6) is 5.75 Å². The Morgan fingerprint density at radius 1 is 1.46 bits per heavy atom. The number of methoxy groups -OCH3 is 1. The third-order valence-electron chi connectivity index (χ3n) is 4.89. The third-order valence-corrected chi connectivity index (χ3v) is 5.64. The average Bonchev–Trinajstić information content (AvgIpc) is 3.17. The van der Waals surface area contributed by atoms with E-state index in [1.807, 2.05) is 29.0 Å². The molecule has 1 amide bonds. The number of fused-ring (bicyclic) bond motifs is 1. The second kappa shape index (κ2) is 6.69. The Hall–Kier alpha value is -2.45. The number of aromatic nitrogens is 3. The molecule has 0 bridgehead atoms. The van der Waals surface area contributed by atoms with Gasteiger partial charge in [0.2, 0.25) is 0 Å². The first-order valence-electron chi connectivity index (χ1n) is 8.47. The lowest BCUT2D eigenvalue weighted by atomic mass is 9.75. The van der Waals surface area contributed by atoms with Gasteiger partial charge in [-0.15, -0.1) is 11.3 Å². The first-order valence-corrected chi connectivity index (χ1v) is 9.34. The van der Waals surface area contributed by atoms with Crippen LogP contribution in [0.3, 0.4) is 0 Å². The second-order valence-electron chi connectivity index (χ2n) is 6.60. The van der Waals surface area contributed by atoms with Gasteiger partial charge in [0.05, 0.1) is 31.1 Å². The molecule has 3 aromatic rings. The third kappa shape index (κ3) is 2.95. The number of hydrogen-bond donors (Lipinski definition) is 2. The number of aliphatic hydroxyl groups excluding tert-OH is 1. The molecule has 1 aliphatic carbocycles. The number of thiazole rings is 1. The predicted octanol–water partition coefficient (Wildman–Crippen LogP) is 2.35. The molecule has 4 rings (SSSR count). The van der Waals surface area contributed by atoms with Crippen LogP contribution in [0.1, 0.15) is 40.6 Å². The van der Waals surface area contributed by atoms with Crippen LogP contribution in [0.25, 0.3) is 4.96 Å². The minimum absolute atomic E-state index is 0.161. The molecule has 136 valence electrons. The fourth-order valence-corrected chi connectivity index (χ4v) is 4.23. The van der Waals surface area contributed by atoms with Gasteiger partial charge in [0.25, 0.3) is 5.91 Å². The molecule has 0 radical (unpaired) electrons. The Kier molecular flexibility index (Phi) is 4.37. The number of carbonyl (C=O) groups excluding carboxylic acids is 1. The van der Waals surface area contributed by atoms with Crippen molar-refractivity contribution in [2.24, 2.45) is 5.92 Å². The summed E-state index contributed by atoms with van der Waals surface area (Å²) in [7, 11) is 1.59. The quantitative estimate of drug-likeness (QED) is 0.718. The lowest BCUT2D eigenvalue weighted by Crippen LogP contribution is -2.41. The Balaban J connectivity index is 1.65. The van der Waals surface area contributed by atoms with Crippen molar-refractivity contribution in [2.75, 3.05) is 7.11 Å². The number of nitrogens with one attached hydrogen (secondary N) is 1. The minimum atomic E-state index is -0.307. The predicted molar refractivity (Wildman–Crippen MR) is 97.5 cm³/mol. The first kappa shape index (κ1) is 17.0. The number of pyridine rings is 1. The second-order valence-corrected chi connectivity index (χ2v) is 7.47. The molecular formula is C18H20N4O3S. The van der Waals surface area contributed by atoms with E-state index >= 15 is 0 Å². The highest BCUT2D eigenvalue weighted by Crippen LogP contribution is 2.38. The van der Waals surface area contributed by atoms with Gasteiger partial charge < -0.3 is 15.2 Å². The van der Waals surface area contributed by atoms with Gasteiger partial charge in [0.1, 0.15) is 11.4 Å². The summed E-state index contributed by atoms with van der Waals surface area (Å²) in [6.07, 6.45) is 6.22. The Bertz CT molecular complexity index is 945. The van der Waals surface area contributed by atoms with E-state index < -0.39 is 0 Å². The van der Waals surface area contributed by atoms with Crippen molar-refractivity contribution in [1.82, 2.24) is 19.7 Å². The smallest absolute Gasteiger partial charge is 0.270 e. The van der Waals surface area contributed by atoms with Crippen LogP contribution < -0.4 is 10.1 Å². The number of imidazole rings is 1. The topological polar surface area (TPSA) is 88.8 Å². The maximum Gasteiger partial charge on any atom is 0.270 e. The maximum atomic E-state index is 13.0. The first-order chi connectivity index (χ1) is 12.6. The van der Waals surface area contributed by atoms with E-state index in [1.54, 1.807) is 19.5 Å². The normalized spacial score (nSPS) is 20.6. The summed E-state index contributed by atoms with van der Waals surface area (Å²) in [4.78, 5) is 22.5. The van der Waals surface area contributed by atoms with E-state index in [2.05, 4.69) is 15.3 Å². The molecule has 2 N–H and O–H groups in total. The van der Waals surface area contributed by atoms with Crippen molar-refractivity contribution < 1.29 is 14.6 Å². The zero-order chi connectivity index (χ0) is 18.3. The zero-order valence-corrected chi connectivity index (χ0v) is 15.4. The molecule has 0 aromatic carbocycles. The molecule has 0 spiro atoms. The molecule has 0 saturated heterocycles. The molecule has 0 aliphatic heterocycles. The minimum Gasteiger partial charge on any atom is -0.495 e. The number of hydrogen-bond acceptors (Lipinski definition) is 6. The van der Waals surface area contributed by atoms with E-state index in [9.17, 15) is 9.90 Å². The number of aliphatic hydroxyl groups is 1. The van der Waals surface area contributed by atoms with Crippen LogP contribution in [-0.2, 0) is 0 Å². The molecule has 7 nitrogen and oxygen atoms in total. The summed E-state index contributed by atoms with van der Waals surface area (Å²) in [5, 5.41) is 14.8. The standard InChI is InChI=1S/C18H20N4O3S/c1-10-16(22-3-4-26-18(22)20-10)17(24)21-15(11-5-13(23)6-11)12-7-14(25-2)9-19-8-12/h3-4,7-9,11,13,15,23H,5-6H2,1-2H3,(H,21,24)/t11?,13?,15-/m0/s1. The number of ether oxygens (including phenoxy) is 1. The SMILES string of the molecule is COc1cncc([C@@H](NC(=O)c2c(C)nc3sccn23)C2CC(O)C2)c1. The highest BCUT2D eigenvalue weighted by Gasteiger charge is 2.36. The van der Waals surface area contributed by atoms with Gasteiger partial charge in [-0.25, -0.2) is 4.98 Å². The molecule has 1 atom stereocenters. The summed E-state index contributed by atoms with van der Waals surface area (Å²) in [5.74, 6) is 0.624. The molecule has 0 unspecified atom stereocenters. The van der Waals surface area contributed by atoms with Crippen molar-refractivity contribution in [1.29, 1.82) is 0 Å². The number of carbonyl (C=O) groups is 1. The van der Waals surface area contributed by atoms with Gasteiger partial charge in [-0.1, -0.05) is 0 Å². The fourth-order valence-electron chi connectivity index (χ4n) is 3.47. The van der Waals surface area contributed by atoms with E-state index in [-0.39, 0.29) is 24.0 Å². The van der Waals surface area contributed by atoms with E-state index in [1.165, 1.54) is 11.3 Å². The fraction of sp³-hybridized carbons (Fsp3) is 0.389. The Labute approximate surface area is 154 Å². The summed E-state index contributed by atoms with van der Waals surface area (Å²) in [5.41, 5.74) is 2.12. The van der Waals surface area contributed by atoms with Crippen LogP contribution in [-0.4, -0.2) is 38.6 Å². The van der Waals surface area contributed by atoms with Crippen LogP contribution in [0.15, 0.2) is 30.0 Å². The van der Waals surface area contributed by atoms with E-state index in [0.717, 1.165) is 10.5 Å². The maximum absolute atomic E-state index is 13.0. The largest absolute Gasteiger partial charge is 0.495 e. The van der Waals surface area contributed by atoms with E-state index in [0.29, 0.717) is 30.0 Å². The molecule has 26 heavy (non-hydrogen) atoms. The van der Waals surface area contributed by atoms with Crippen molar-refractivity contribution in [3.63, 3.8) is 0 Å². The van der Waals surface area contributed by atoms with Gasteiger partial charge in [-0.3, -0.25) is 14.2 Å². The Morgan fingerprint density at radius 3 is 3.00 bits per heavy atom. The average molecular weight is 372 g/mol. The van der Waals surface area contributed by atoms with Crippen LogP contribution in [0, 0.1) is 12.8 Å². The summed E-state index contributed by atoms with van der Waals surface area (Å²) in [6.45, 7) is 1.84. The summed E-state index contributed by atoms with van der Waals surface area (Å²) < 4.78 is 7.08. The molecular weight excluding hydrogens is 352 g/mol. The van der Waals surface area contributed by atoms with Gasteiger partial charge in [0, 0.05) is 17.8 Å².